The molecule has 1 aromatic carbocycles. The molecule has 0 saturated heterocycles. The van der Waals surface area contributed by atoms with E-state index < -0.39 is 0 Å². The Morgan fingerprint density at radius 1 is 1.33 bits per heavy atom. The van der Waals surface area contributed by atoms with Crippen LogP contribution in [0, 0.1) is 6.92 Å². The number of aromatic nitrogens is 3. The van der Waals surface area contributed by atoms with E-state index in [1.807, 2.05) is 47.7 Å². The lowest BCUT2D eigenvalue weighted by molar-refractivity contribution is -0.131. The van der Waals surface area contributed by atoms with Gasteiger partial charge in [-0.2, -0.15) is 5.10 Å². The highest BCUT2D eigenvalue weighted by Crippen LogP contribution is 2.30. The Labute approximate surface area is 180 Å². The van der Waals surface area contributed by atoms with E-state index in [2.05, 4.69) is 4.98 Å². The van der Waals surface area contributed by atoms with Crippen LogP contribution in [0.25, 0.3) is 11.6 Å². The predicted molar refractivity (Wildman–Crippen MR) is 113 cm³/mol. The number of benzene rings is 1. The Balaban J connectivity index is 1.59. The van der Waals surface area contributed by atoms with E-state index in [0.717, 1.165) is 29.0 Å². The topological polar surface area (TPSA) is 73.4 Å². The third-order valence-electron chi connectivity index (χ3n) is 5.26. The third-order valence-corrected chi connectivity index (χ3v) is 5.63. The number of hydrogen-bond acceptors (Lipinski definition) is 5. The van der Waals surface area contributed by atoms with Crippen molar-refractivity contribution in [3.05, 3.63) is 58.1 Å². The van der Waals surface area contributed by atoms with E-state index in [0.29, 0.717) is 49.5 Å². The molecule has 0 aliphatic carbocycles. The summed E-state index contributed by atoms with van der Waals surface area (Å²) >= 11 is 6.24. The van der Waals surface area contributed by atoms with Crippen LogP contribution < -0.4 is 0 Å². The van der Waals surface area contributed by atoms with Crippen LogP contribution in [0.2, 0.25) is 5.02 Å². The first-order valence-corrected chi connectivity index (χ1v) is 10.5. The zero-order chi connectivity index (χ0) is 21.1. The van der Waals surface area contributed by atoms with Crippen molar-refractivity contribution in [2.45, 2.75) is 39.8 Å². The molecule has 8 heteroatoms. The van der Waals surface area contributed by atoms with E-state index in [1.54, 1.807) is 6.20 Å². The molecule has 0 N–H and O–H groups in total. The Bertz CT molecular complexity index is 1040. The molecule has 0 atom stereocenters. The maximum atomic E-state index is 13.0. The van der Waals surface area contributed by atoms with Crippen molar-refractivity contribution in [3.63, 3.8) is 0 Å². The van der Waals surface area contributed by atoms with Gasteiger partial charge in [0.2, 0.25) is 11.8 Å². The molecule has 0 fully saturated rings. The fourth-order valence-electron chi connectivity index (χ4n) is 3.74. The second kappa shape index (κ2) is 9.02. The van der Waals surface area contributed by atoms with Gasteiger partial charge in [-0.1, -0.05) is 29.8 Å². The molecule has 0 bridgehead atoms. The molecule has 2 aromatic heterocycles. The van der Waals surface area contributed by atoms with Gasteiger partial charge in [-0.25, -0.2) is 4.98 Å². The van der Waals surface area contributed by atoms with Gasteiger partial charge in [0.15, 0.2) is 5.69 Å². The Morgan fingerprint density at radius 3 is 2.90 bits per heavy atom. The summed E-state index contributed by atoms with van der Waals surface area (Å²) in [6, 6.07) is 7.46. The van der Waals surface area contributed by atoms with E-state index in [9.17, 15) is 4.79 Å². The highest BCUT2D eigenvalue weighted by atomic mass is 35.5. The standard InChI is InChI=1S/C22H25ClN4O3/c1-3-29-11-10-27-19-8-9-26(20(28)12-16-6-4-5-7-18(16)23)14-17(19)21(25-27)22-24-13-15(2)30-22/h4-7,13H,3,8-12,14H2,1-2H3. The zero-order valence-corrected chi connectivity index (χ0v) is 18.0. The van der Waals surface area contributed by atoms with Gasteiger partial charge in [-0.3, -0.25) is 9.48 Å². The molecular weight excluding hydrogens is 404 g/mol. The molecule has 4 rings (SSSR count). The summed E-state index contributed by atoms with van der Waals surface area (Å²) in [5.74, 6) is 1.26. The lowest BCUT2D eigenvalue weighted by Crippen LogP contribution is -2.37. The highest BCUT2D eigenvalue weighted by molar-refractivity contribution is 6.31. The van der Waals surface area contributed by atoms with Crippen LogP contribution >= 0.6 is 11.6 Å². The van der Waals surface area contributed by atoms with Gasteiger partial charge in [0, 0.05) is 42.4 Å². The van der Waals surface area contributed by atoms with E-state index in [-0.39, 0.29) is 12.3 Å². The molecule has 0 saturated carbocycles. The largest absolute Gasteiger partial charge is 0.440 e. The smallest absolute Gasteiger partial charge is 0.247 e. The van der Waals surface area contributed by atoms with Gasteiger partial charge in [0.1, 0.15) is 5.76 Å². The molecule has 0 spiro atoms. The minimum Gasteiger partial charge on any atom is -0.440 e. The summed E-state index contributed by atoms with van der Waals surface area (Å²) in [5, 5.41) is 5.37. The molecule has 7 nitrogen and oxygen atoms in total. The molecule has 3 aromatic rings. The van der Waals surface area contributed by atoms with E-state index in [4.69, 9.17) is 25.9 Å². The molecule has 158 valence electrons. The number of carbonyl (C=O) groups excluding carboxylic acids is 1. The molecule has 1 aliphatic rings. The molecule has 3 heterocycles. The highest BCUT2D eigenvalue weighted by Gasteiger charge is 2.29. The maximum absolute atomic E-state index is 13.0. The van der Waals surface area contributed by atoms with Gasteiger partial charge >= 0.3 is 0 Å². The number of hydrogen-bond donors (Lipinski definition) is 0. The van der Waals surface area contributed by atoms with Crippen LogP contribution in [-0.2, 0) is 35.5 Å². The lowest BCUT2D eigenvalue weighted by atomic mass is 10.0. The second-order valence-corrected chi connectivity index (χ2v) is 7.71. The van der Waals surface area contributed by atoms with Crippen molar-refractivity contribution >= 4 is 17.5 Å². The summed E-state index contributed by atoms with van der Waals surface area (Å²) in [4.78, 5) is 19.2. The number of fused-ring (bicyclic) bond motifs is 1. The van der Waals surface area contributed by atoms with Crippen molar-refractivity contribution in [1.29, 1.82) is 0 Å². The van der Waals surface area contributed by atoms with Gasteiger partial charge in [0.25, 0.3) is 0 Å². The number of halogens is 1. The van der Waals surface area contributed by atoms with Crippen LogP contribution in [0.1, 0.15) is 29.5 Å². The van der Waals surface area contributed by atoms with Crippen molar-refractivity contribution in [2.75, 3.05) is 19.8 Å². The molecule has 1 aliphatic heterocycles. The first-order chi connectivity index (χ1) is 14.6. The molecule has 0 unspecified atom stereocenters. The Kier molecular flexibility index (Phi) is 6.20. The maximum Gasteiger partial charge on any atom is 0.247 e. The number of oxazole rings is 1. The van der Waals surface area contributed by atoms with Gasteiger partial charge in [-0.05, 0) is 25.5 Å². The quantitative estimate of drug-likeness (QED) is 0.537. The Morgan fingerprint density at radius 2 is 2.17 bits per heavy atom. The van der Waals surface area contributed by atoms with E-state index in [1.165, 1.54) is 0 Å². The number of amides is 1. The third kappa shape index (κ3) is 4.27. The normalized spacial score (nSPS) is 13.5. The fraction of sp³-hybridized carbons (Fsp3) is 0.409. The minimum atomic E-state index is 0.0466. The zero-order valence-electron chi connectivity index (χ0n) is 17.2. The fourth-order valence-corrected chi connectivity index (χ4v) is 3.94. The monoisotopic (exact) mass is 428 g/mol. The van der Waals surface area contributed by atoms with Crippen molar-refractivity contribution in [2.24, 2.45) is 0 Å². The first kappa shape index (κ1) is 20.6. The van der Waals surface area contributed by atoms with Crippen LogP contribution in [0.15, 0.2) is 34.9 Å². The minimum absolute atomic E-state index is 0.0466. The number of aryl methyl sites for hydroxylation is 1. The number of rotatable bonds is 7. The van der Waals surface area contributed by atoms with Gasteiger partial charge < -0.3 is 14.1 Å². The van der Waals surface area contributed by atoms with Crippen LogP contribution in [0.4, 0.5) is 0 Å². The van der Waals surface area contributed by atoms with Crippen molar-refractivity contribution in [3.8, 4) is 11.6 Å². The van der Waals surface area contributed by atoms with Crippen molar-refractivity contribution < 1.29 is 13.9 Å². The van der Waals surface area contributed by atoms with Crippen LogP contribution in [-0.4, -0.2) is 45.3 Å². The van der Waals surface area contributed by atoms with Gasteiger partial charge in [0.05, 0.1) is 25.8 Å². The summed E-state index contributed by atoms with van der Waals surface area (Å²) in [6.45, 7) is 6.86. The van der Waals surface area contributed by atoms with Crippen LogP contribution in [0.3, 0.4) is 0 Å². The average Bonchev–Trinajstić information content (AvgIpc) is 3.33. The van der Waals surface area contributed by atoms with Gasteiger partial charge in [-0.15, -0.1) is 0 Å². The SMILES string of the molecule is CCOCCn1nc(-c2ncc(C)o2)c2c1CCN(C(=O)Cc1ccccc1Cl)C2. The van der Waals surface area contributed by atoms with E-state index >= 15 is 0 Å². The number of nitrogens with zero attached hydrogens (tertiary/aromatic N) is 4. The average molecular weight is 429 g/mol. The summed E-state index contributed by atoms with van der Waals surface area (Å²) < 4.78 is 13.2. The molecule has 0 radical (unpaired) electrons. The number of ether oxygens (including phenoxy) is 1. The molecular formula is C22H25ClN4O3. The first-order valence-electron chi connectivity index (χ1n) is 10.2. The number of carbonyl (C=O) groups is 1. The summed E-state index contributed by atoms with van der Waals surface area (Å²) in [7, 11) is 0. The predicted octanol–water partition coefficient (Wildman–Crippen LogP) is 3.66. The Hall–Kier alpha value is -2.64. The van der Waals surface area contributed by atoms with Crippen LogP contribution in [0.5, 0.6) is 0 Å². The van der Waals surface area contributed by atoms with Crippen molar-refractivity contribution in [1.82, 2.24) is 19.7 Å². The second-order valence-electron chi connectivity index (χ2n) is 7.30. The summed E-state index contributed by atoms with van der Waals surface area (Å²) in [6.07, 6.45) is 2.69. The molecule has 30 heavy (non-hydrogen) atoms. The summed E-state index contributed by atoms with van der Waals surface area (Å²) in [5.41, 5.74) is 3.64. The lowest BCUT2D eigenvalue weighted by Gasteiger charge is -2.28. The molecule has 1 amide bonds.